The number of nitrogens with one attached hydrogen (secondary N) is 1. The predicted octanol–water partition coefficient (Wildman–Crippen LogP) is 2.60. The first-order valence-electron chi connectivity index (χ1n) is 5.37. The Hall–Kier alpha value is -0.940. The van der Waals surface area contributed by atoms with E-state index in [1.807, 2.05) is 11.8 Å². The molecular formula is C11H13ClN2O2S. The van der Waals surface area contributed by atoms with Gasteiger partial charge in [0.25, 0.3) is 0 Å². The SMILES string of the molecule is O=C(O)c1cc(NCC2CCSC2)ncc1Cl. The molecule has 0 bridgehead atoms. The Morgan fingerprint density at radius 3 is 3.18 bits per heavy atom. The predicted molar refractivity (Wildman–Crippen MR) is 70.1 cm³/mol. The molecule has 1 aromatic rings. The van der Waals surface area contributed by atoms with Gasteiger partial charge in [-0.1, -0.05) is 11.6 Å². The highest BCUT2D eigenvalue weighted by molar-refractivity contribution is 7.99. The molecular weight excluding hydrogens is 260 g/mol. The Balaban J connectivity index is 2.00. The number of halogens is 1. The molecule has 1 aliphatic rings. The van der Waals surface area contributed by atoms with E-state index in [0.29, 0.717) is 11.7 Å². The van der Waals surface area contributed by atoms with Crippen LogP contribution < -0.4 is 5.32 Å². The van der Waals surface area contributed by atoms with Crippen LogP contribution in [0.1, 0.15) is 16.8 Å². The molecule has 0 amide bonds. The Bertz CT molecular complexity index is 422. The first-order valence-corrected chi connectivity index (χ1v) is 6.90. The van der Waals surface area contributed by atoms with Gasteiger partial charge >= 0.3 is 5.97 Å². The summed E-state index contributed by atoms with van der Waals surface area (Å²) in [6.07, 6.45) is 2.58. The highest BCUT2D eigenvalue weighted by atomic mass is 35.5. The largest absolute Gasteiger partial charge is 0.478 e. The van der Waals surface area contributed by atoms with E-state index in [0.717, 1.165) is 12.3 Å². The number of anilines is 1. The van der Waals surface area contributed by atoms with Crippen molar-refractivity contribution >= 4 is 35.1 Å². The second-order valence-corrected chi connectivity index (χ2v) is 5.52. The van der Waals surface area contributed by atoms with E-state index in [9.17, 15) is 4.79 Å². The fourth-order valence-corrected chi connectivity index (χ4v) is 3.16. The van der Waals surface area contributed by atoms with Gasteiger partial charge in [-0.15, -0.1) is 0 Å². The molecule has 0 saturated carbocycles. The number of carbonyl (C=O) groups is 1. The van der Waals surface area contributed by atoms with Crippen LogP contribution in [0.3, 0.4) is 0 Å². The normalized spacial score (nSPS) is 19.2. The molecule has 0 radical (unpaired) electrons. The van der Waals surface area contributed by atoms with Crippen LogP contribution in [0.4, 0.5) is 5.82 Å². The van der Waals surface area contributed by atoms with Crippen molar-refractivity contribution in [2.75, 3.05) is 23.4 Å². The number of carboxylic acids is 1. The summed E-state index contributed by atoms with van der Waals surface area (Å²) in [5, 5.41) is 12.3. The zero-order chi connectivity index (χ0) is 12.3. The topological polar surface area (TPSA) is 62.2 Å². The highest BCUT2D eigenvalue weighted by Crippen LogP contribution is 2.24. The smallest absolute Gasteiger partial charge is 0.337 e. The quantitative estimate of drug-likeness (QED) is 0.882. The number of pyridine rings is 1. The minimum atomic E-state index is -1.03. The van der Waals surface area contributed by atoms with Gasteiger partial charge in [0.1, 0.15) is 5.82 Å². The molecule has 1 aliphatic heterocycles. The standard InChI is InChI=1S/C11H13ClN2O2S/c12-9-5-14-10(3-8(9)11(15)16)13-4-7-1-2-17-6-7/h3,5,7H,1-2,4,6H2,(H,13,14)(H,15,16). The van der Waals surface area contributed by atoms with Crippen molar-refractivity contribution in [3.63, 3.8) is 0 Å². The number of aromatic nitrogens is 1. The summed E-state index contributed by atoms with van der Waals surface area (Å²) in [7, 11) is 0. The Kier molecular flexibility index (Phi) is 4.12. The molecule has 1 saturated heterocycles. The third kappa shape index (κ3) is 3.26. The average Bonchev–Trinajstić information content (AvgIpc) is 2.80. The van der Waals surface area contributed by atoms with E-state index < -0.39 is 5.97 Å². The molecule has 4 nitrogen and oxygen atoms in total. The molecule has 1 aromatic heterocycles. The molecule has 92 valence electrons. The van der Waals surface area contributed by atoms with E-state index in [1.165, 1.54) is 24.4 Å². The minimum absolute atomic E-state index is 0.0879. The van der Waals surface area contributed by atoms with Crippen LogP contribution in [-0.2, 0) is 0 Å². The van der Waals surface area contributed by atoms with E-state index in [1.54, 1.807) is 0 Å². The second-order valence-electron chi connectivity index (χ2n) is 3.97. The second kappa shape index (κ2) is 5.60. The fourth-order valence-electron chi connectivity index (χ4n) is 1.69. The zero-order valence-electron chi connectivity index (χ0n) is 9.15. The first kappa shape index (κ1) is 12.5. The van der Waals surface area contributed by atoms with Crippen molar-refractivity contribution in [2.24, 2.45) is 5.92 Å². The summed E-state index contributed by atoms with van der Waals surface area (Å²) in [6.45, 7) is 0.834. The lowest BCUT2D eigenvalue weighted by Crippen LogP contribution is -2.14. The summed E-state index contributed by atoms with van der Waals surface area (Å²) < 4.78 is 0. The van der Waals surface area contributed by atoms with Crippen LogP contribution >= 0.6 is 23.4 Å². The molecule has 2 N–H and O–H groups in total. The number of aromatic carboxylic acids is 1. The number of rotatable bonds is 4. The molecule has 1 fully saturated rings. The molecule has 1 atom stereocenters. The highest BCUT2D eigenvalue weighted by Gasteiger charge is 2.16. The van der Waals surface area contributed by atoms with Gasteiger partial charge in [0.2, 0.25) is 0 Å². The summed E-state index contributed by atoms with van der Waals surface area (Å²) >= 11 is 7.70. The van der Waals surface area contributed by atoms with Crippen LogP contribution in [-0.4, -0.2) is 34.1 Å². The Morgan fingerprint density at radius 2 is 2.53 bits per heavy atom. The van der Waals surface area contributed by atoms with Crippen LogP contribution in [0.25, 0.3) is 0 Å². The van der Waals surface area contributed by atoms with Gasteiger partial charge in [0, 0.05) is 12.7 Å². The summed E-state index contributed by atoms with van der Waals surface area (Å²) in [5.74, 6) is 2.55. The van der Waals surface area contributed by atoms with Crippen LogP contribution in [0.5, 0.6) is 0 Å². The zero-order valence-corrected chi connectivity index (χ0v) is 10.7. The van der Waals surface area contributed by atoms with Crippen molar-refractivity contribution in [1.29, 1.82) is 0 Å². The lowest BCUT2D eigenvalue weighted by Gasteiger charge is -2.11. The number of hydrogen-bond donors (Lipinski definition) is 2. The van der Waals surface area contributed by atoms with Gasteiger partial charge in [-0.25, -0.2) is 9.78 Å². The van der Waals surface area contributed by atoms with Gasteiger partial charge in [-0.3, -0.25) is 0 Å². The lowest BCUT2D eigenvalue weighted by molar-refractivity contribution is 0.0697. The van der Waals surface area contributed by atoms with Crippen molar-refractivity contribution in [3.8, 4) is 0 Å². The van der Waals surface area contributed by atoms with Crippen LogP contribution in [0.15, 0.2) is 12.3 Å². The van der Waals surface area contributed by atoms with Gasteiger partial charge in [0.05, 0.1) is 10.6 Å². The molecule has 17 heavy (non-hydrogen) atoms. The molecule has 6 heteroatoms. The maximum atomic E-state index is 10.9. The maximum Gasteiger partial charge on any atom is 0.337 e. The van der Waals surface area contributed by atoms with Gasteiger partial charge in [-0.05, 0) is 29.9 Å². The summed E-state index contributed by atoms with van der Waals surface area (Å²) in [4.78, 5) is 15.0. The van der Waals surface area contributed by atoms with Crippen molar-refractivity contribution in [3.05, 3.63) is 22.8 Å². The molecule has 1 unspecified atom stereocenters. The van der Waals surface area contributed by atoms with E-state index in [-0.39, 0.29) is 10.6 Å². The number of carboxylic acid groups (broad SMARTS) is 1. The van der Waals surface area contributed by atoms with Crippen molar-refractivity contribution < 1.29 is 9.90 Å². The fraction of sp³-hybridized carbons (Fsp3) is 0.455. The molecule has 0 aromatic carbocycles. The monoisotopic (exact) mass is 272 g/mol. The third-order valence-corrected chi connectivity index (χ3v) is 4.21. The Labute approximate surface area is 109 Å². The first-order chi connectivity index (χ1) is 8.16. The lowest BCUT2D eigenvalue weighted by atomic mass is 10.1. The van der Waals surface area contributed by atoms with Crippen LogP contribution in [0, 0.1) is 5.92 Å². The summed E-state index contributed by atoms with van der Waals surface area (Å²) in [5.41, 5.74) is 0.0879. The minimum Gasteiger partial charge on any atom is -0.478 e. The third-order valence-electron chi connectivity index (χ3n) is 2.68. The van der Waals surface area contributed by atoms with E-state index in [2.05, 4.69) is 10.3 Å². The molecule has 0 aliphatic carbocycles. The van der Waals surface area contributed by atoms with Crippen LogP contribution in [0.2, 0.25) is 5.02 Å². The van der Waals surface area contributed by atoms with E-state index >= 15 is 0 Å². The van der Waals surface area contributed by atoms with Crippen molar-refractivity contribution in [2.45, 2.75) is 6.42 Å². The molecule has 2 heterocycles. The number of nitrogens with zero attached hydrogens (tertiary/aromatic N) is 1. The number of hydrogen-bond acceptors (Lipinski definition) is 4. The average molecular weight is 273 g/mol. The van der Waals surface area contributed by atoms with Gasteiger partial charge in [0.15, 0.2) is 0 Å². The maximum absolute atomic E-state index is 10.9. The van der Waals surface area contributed by atoms with Crippen molar-refractivity contribution in [1.82, 2.24) is 4.98 Å². The van der Waals surface area contributed by atoms with Gasteiger partial charge < -0.3 is 10.4 Å². The van der Waals surface area contributed by atoms with E-state index in [4.69, 9.17) is 16.7 Å². The Morgan fingerprint density at radius 1 is 1.71 bits per heavy atom. The van der Waals surface area contributed by atoms with Gasteiger partial charge in [-0.2, -0.15) is 11.8 Å². The molecule has 2 rings (SSSR count). The number of thioether (sulfide) groups is 1. The molecule has 0 spiro atoms. The summed E-state index contributed by atoms with van der Waals surface area (Å²) in [6, 6.07) is 1.48.